The maximum absolute atomic E-state index is 10.5. The van der Waals surface area contributed by atoms with Gasteiger partial charge < -0.3 is 17.4 Å². The third-order valence-corrected chi connectivity index (χ3v) is 1.25. The van der Waals surface area contributed by atoms with E-state index in [0.29, 0.717) is 5.56 Å². The smallest absolute Gasteiger partial charge is 0.737 e. The average molecular weight is 201 g/mol. The Bertz CT molecular complexity index is 210. The minimum absolute atomic E-state index is 0. The Labute approximate surface area is 75.7 Å². The molecule has 0 aromatic heterocycles. The molecule has 0 saturated carbocycles. The average Bonchev–Trinajstić information content (AvgIpc) is 1.90. The first-order valence-corrected chi connectivity index (χ1v) is 2.98. The van der Waals surface area contributed by atoms with E-state index in [0.717, 1.165) is 0 Å². The van der Waals surface area contributed by atoms with Gasteiger partial charge >= 0.3 is 17.1 Å². The van der Waals surface area contributed by atoms with Crippen LogP contribution < -0.4 is 0 Å². The fraction of sp³-hybridized carbons (Fsp3) is 0. The van der Waals surface area contributed by atoms with Crippen LogP contribution in [0.5, 0.6) is 0 Å². The van der Waals surface area contributed by atoms with E-state index in [4.69, 9.17) is 0 Å². The fourth-order valence-electron chi connectivity index (χ4n) is 0.574. The van der Waals surface area contributed by atoms with Crippen LogP contribution in [0.1, 0.15) is 10.4 Å². The predicted octanol–water partition coefficient (Wildman–Crippen LogP) is 1.37. The summed E-state index contributed by atoms with van der Waals surface area (Å²) in [5, 5.41) is -0.296. The minimum Gasteiger partial charge on any atom is -0.737 e. The predicted molar refractivity (Wildman–Crippen MR) is 38.1 cm³/mol. The first-order chi connectivity index (χ1) is 4.30. The quantitative estimate of drug-likeness (QED) is 0.503. The van der Waals surface area contributed by atoms with Gasteiger partial charge in [0.15, 0.2) is 0 Å². The number of hydrogen-bond acceptors (Lipinski definition) is 2. The summed E-state index contributed by atoms with van der Waals surface area (Å²) in [5.74, 6) is 0. The van der Waals surface area contributed by atoms with Crippen molar-refractivity contribution in [1.29, 1.82) is 0 Å². The van der Waals surface area contributed by atoms with E-state index >= 15 is 0 Å². The number of hydrogen-bond donors (Lipinski definition) is 0. The number of carbonyl (C=O) groups is 1. The molecule has 0 bridgehead atoms. The molecule has 1 nitrogen and oxygen atoms in total. The van der Waals surface area contributed by atoms with E-state index in [1.807, 2.05) is 6.07 Å². The van der Waals surface area contributed by atoms with E-state index in [1.165, 1.54) is 0 Å². The molecule has 0 aliphatic carbocycles. The Balaban J connectivity index is 0.000000810. The monoisotopic (exact) mass is 200 g/mol. The maximum Gasteiger partial charge on any atom is 1.00 e. The molecule has 0 spiro atoms. The van der Waals surface area contributed by atoms with Gasteiger partial charge in [-0.1, -0.05) is 30.3 Å². The fourth-order valence-corrected chi connectivity index (χ4v) is 0.710. The van der Waals surface area contributed by atoms with Crippen LogP contribution in [0.15, 0.2) is 30.3 Å². The number of rotatable bonds is 1. The third-order valence-electron chi connectivity index (χ3n) is 1.01. The Hall–Kier alpha value is -0.371. The molecule has 0 N–H and O–H groups in total. The summed E-state index contributed by atoms with van der Waals surface area (Å²) in [7, 11) is 0. The van der Waals surface area contributed by atoms with Crippen molar-refractivity contribution < 1.29 is 21.9 Å². The van der Waals surface area contributed by atoms with Crippen molar-refractivity contribution in [3.8, 4) is 0 Å². The number of benzene rings is 1. The normalized spacial score (nSPS) is 8.00. The largest absolute Gasteiger partial charge is 1.00 e. The molecule has 0 heterocycles. The molecule has 0 fully saturated rings. The van der Waals surface area contributed by atoms with E-state index in [1.54, 1.807) is 24.3 Å². The summed E-state index contributed by atoms with van der Waals surface area (Å²) >= 11 is 4.41. The van der Waals surface area contributed by atoms with Gasteiger partial charge in [-0.3, -0.25) is 0 Å². The molecule has 0 amide bonds. The summed E-state index contributed by atoms with van der Waals surface area (Å²) in [4.78, 5) is 10.5. The minimum atomic E-state index is -0.296. The van der Waals surface area contributed by atoms with Crippen molar-refractivity contribution in [2.24, 2.45) is 0 Å². The van der Waals surface area contributed by atoms with Crippen molar-refractivity contribution in [3.63, 3.8) is 0 Å². The van der Waals surface area contributed by atoms with Gasteiger partial charge in [0.1, 0.15) is 0 Å². The molecule has 0 unspecified atom stereocenters. The molecule has 0 saturated heterocycles. The van der Waals surface area contributed by atoms with E-state index in [2.05, 4.69) is 12.6 Å². The number of carbonyl (C=O) groups excluding carboxylic acids is 1. The zero-order valence-corrected chi connectivity index (χ0v) is 6.76. The molecule has 0 radical (unpaired) electrons. The Kier molecular flexibility index (Phi) is 4.28. The van der Waals surface area contributed by atoms with Crippen LogP contribution in [-0.4, -0.2) is 5.12 Å². The van der Waals surface area contributed by atoms with Crippen LogP contribution in [0.4, 0.5) is 0 Å². The topological polar surface area (TPSA) is 17.1 Å². The zero-order chi connectivity index (χ0) is 6.69. The summed E-state index contributed by atoms with van der Waals surface area (Å²) in [5.41, 5.74) is 0.590. The van der Waals surface area contributed by atoms with Gasteiger partial charge in [0.2, 0.25) is 0 Å². The van der Waals surface area contributed by atoms with Gasteiger partial charge in [-0.25, -0.2) is 0 Å². The molecule has 10 heavy (non-hydrogen) atoms. The van der Waals surface area contributed by atoms with Gasteiger partial charge in [0, 0.05) is 5.12 Å². The molecule has 0 aliphatic rings. The molecular weight excluding hydrogens is 196 g/mol. The van der Waals surface area contributed by atoms with Gasteiger partial charge in [-0.15, -0.1) is 0 Å². The first-order valence-electron chi connectivity index (χ1n) is 2.57. The van der Waals surface area contributed by atoms with Crippen molar-refractivity contribution >= 4 is 17.7 Å². The van der Waals surface area contributed by atoms with Gasteiger partial charge in [0.25, 0.3) is 0 Å². The Morgan fingerprint density at radius 2 is 1.70 bits per heavy atom. The standard InChI is InChI=1S/C7H6OS.Cu/c8-7(9)6-4-2-1-3-5-6;/h1-5H,(H,8,9);/q;+1/p-1. The summed E-state index contributed by atoms with van der Waals surface area (Å²) in [6.07, 6.45) is 0. The van der Waals surface area contributed by atoms with Crippen molar-refractivity contribution in [2.45, 2.75) is 0 Å². The van der Waals surface area contributed by atoms with Crippen LogP contribution in [-0.2, 0) is 29.7 Å². The summed E-state index contributed by atoms with van der Waals surface area (Å²) in [6, 6.07) is 8.84. The molecule has 56 valence electrons. The van der Waals surface area contributed by atoms with Crippen molar-refractivity contribution in [2.75, 3.05) is 0 Å². The molecule has 1 aromatic rings. The van der Waals surface area contributed by atoms with E-state index < -0.39 is 0 Å². The van der Waals surface area contributed by atoms with E-state index in [9.17, 15) is 4.79 Å². The van der Waals surface area contributed by atoms with E-state index in [-0.39, 0.29) is 22.2 Å². The molecule has 1 rings (SSSR count). The Morgan fingerprint density at radius 3 is 2.00 bits per heavy atom. The molecule has 1 aromatic carbocycles. The van der Waals surface area contributed by atoms with Crippen molar-refractivity contribution in [1.82, 2.24) is 0 Å². The first kappa shape index (κ1) is 9.63. The second-order valence-corrected chi connectivity index (χ2v) is 2.02. The third kappa shape index (κ3) is 2.48. The van der Waals surface area contributed by atoms with Crippen LogP contribution in [0.2, 0.25) is 0 Å². The Morgan fingerprint density at radius 1 is 1.20 bits per heavy atom. The maximum atomic E-state index is 10.5. The molecule has 3 heteroatoms. The SMILES string of the molecule is O=C([S-])c1ccccc1.[Cu+]. The zero-order valence-electron chi connectivity index (χ0n) is 5.00. The van der Waals surface area contributed by atoms with Crippen LogP contribution in [0, 0.1) is 0 Å². The summed E-state index contributed by atoms with van der Waals surface area (Å²) < 4.78 is 0. The van der Waals surface area contributed by atoms with Gasteiger partial charge in [-0.05, 0) is 5.56 Å². The van der Waals surface area contributed by atoms with Gasteiger partial charge in [0.05, 0.1) is 0 Å². The van der Waals surface area contributed by atoms with Crippen LogP contribution in [0.25, 0.3) is 0 Å². The summed E-state index contributed by atoms with van der Waals surface area (Å²) in [6.45, 7) is 0. The van der Waals surface area contributed by atoms with Crippen LogP contribution >= 0.6 is 0 Å². The second kappa shape index (κ2) is 4.45. The molecular formula is C7H5CuOS. The second-order valence-electron chi connectivity index (χ2n) is 1.65. The molecule has 0 atom stereocenters. The molecule has 0 aliphatic heterocycles. The van der Waals surface area contributed by atoms with Crippen molar-refractivity contribution in [3.05, 3.63) is 35.9 Å². The van der Waals surface area contributed by atoms with Gasteiger partial charge in [-0.2, -0.15) is 0 Å². The van der Waals surface area contributed by atoms with Crippen LogP contribution in [0.3, 0.4) is 0 Å².